The molecular formula is C15H32N2O. The summed E-state index contributed by atoms with van der Waals surface area (Å²) in [5.41, 5.74) is 0. The van der Waals surface area contributed by atoms with Gasteiger partial charge in [0.1, 0.15) is 0 Å². The molecule has 0 radical (unpaired) electrons. The smallest absolute Gasteiger partial charge is 0.0549 e. The Kier molecular flexibility index (Phi) is 7.87. The number of hydrogen-bond donors (Lipinski definition) is 2. The van der Waals surface area contributed by atoms with Gasteiger partial charge >= 0.3 is 0 Å². The molecule has 0 bridgehead atoms. The van der Waals surface area contributed by atoms with Crippen LogP contribution in [-0.4, -0.2) is 48.3 Å². The highest BCUT2D eigenvalue weighted by atomic mass is 16.3. The lowest BCUT2D eigenvalue weighted by molar-refractivity contribution is 0.139. The van der Waals surface area contributed by atoms with E-state index in [0.717, 1.165) is 25.3 Å². The van der Waals surface area contributed by atoms with Crippen LogP contribution in [0.1, 0.15) is 52.9 Å². The molecule has 0 aromatic rings. The second-order valence-corrected chi connectivity index (χ2v) is 5.80. The van der Waals surface area contributed by atoms with E-state index in [1.54, 1.807) is 0 Å². The maximum absolute atomic E-state index is 9.54. The number of nitrogens with one attached hydrogen (secondary N) is 1. The second kappa shape index (κ2) is 8.89. The van der Waals surface area contributed by atoms with Crippen LogP contribution in [0.25, 0.3) is 0 Å². The van der Waals surface area contributed by atoms with Gasteiger partial charge in [0.15, 0.2) is 0 Å². The summed E-state index contributed by atoms with van der Waals surface area (Å²) >= 11 is 0. The van der Waals surface area contributed by atoms with Crippen LogP contribution in [0.2, 0.25) is 0 Å². The molecular weight excluding hydrogens is 224 g/mol. The molecule has 0 aliphatic carbocycles. The molecule has 2 N–H and O–H groups in total. The molecule has 3 unspecified atom stereocenters. The Morgan fingerprint density at radius 3 is 2.83 bits per heavy atom. The number of likely N-dealkylation sites (tertiary alicyclic amines) is 1. The zero-order valence-electron chi connectivity index (χ0n) is 12.5. The third-order valence-electron chi connectivity index (χ3n) is 4.20. The topological polar surface area (TPSA) is 35.5 Å². The Hall–Kier alpha value is -0.120. The molecule has 1 fully saturated rings. The average Bonchev–Trinajstić information content (AvgIpc) is 2.39. The summed E-state index contributed by atoms with van der Waals surface area (Å²) in [6, 6.07) is 0.578. The Morgan fingerprint density at radius 2 is 2.17 bits per heavy atom. The fourth-order valence-corrected chi connectivity index (χ4v) is 2.87. The number of aliphatic hydroxyl groups excluding tert-OH is 1. The highest BCUT2D eigenvalue weighted by Gasteiger charge is 2.23. The SMILES string of the molecule is CCCN1CCCC(C(C)NCCC(O)CC)C1. The lowest BCUT2D eigenvalue weighted by atomic mass is 9.91. The van der Waals surface area contributed by atoms with E-state index in [0.29, 0.717) is 6.04 Å². The zero-order valence-corrected chi connectivity index (χ0v) is 12.5. The van der Waals surface area contributed by atoms with Gasteiger partial charge in [-0.15, -0.1) is 0 Å². The first-order valence-electron chi connectivity index (χ1n) is 7.81. The van der Waals surface area contributed by atoms with Crippen LogP contribution < -0.4 is 5.32 Å². The summed E-state index contributed by atoms with van der Waals surface area (Å²) in [6.45, 7) is 11.3. The summed E-state index contributed by atoms with van der Waals surface area (Å²) in [6.07, 6.45) is 5.57. The molecule has 108 valence electrons. The summed E-state index contributed by atoms with van der Waals surface area (Å²) in [7, 11) is 0. The van der Waals surface area contributed by atoms with Crippen LogP contribution in [0.3, 0.4) is 0 Å². The third-order valence-corrected chi connectivity index (χ3v) is 4.20. The summed E-state index contributed by atoms with van der Waals surface area (Å²) in [4.78, 5) is 2.60. The van der Waals surface area contributed by atoms with E-state index in [4.69, 9.17) is 0 Å². The lowest BCUT2D eigenvalue weighted by Crippen LogP contribution is -2.45. The summed E-state index contributed by atoms with van der Waals surface area (Å²) in [5.74, 6) is 0.782. The zero-order chi connectivity index (χ0) is 13.4. The average molecular weight is 256 g/mol. The molecule has 3 atom stereocenters. The van der Waals surface area contributed by atoms with Crippen molar-refractivity contribution >= 4 is 0 Å². The van der Waals surface area contributed by atoms with Gasteiger partial charge in [0.25, 0.3) is 0 Å². The van der Waals surface area contributed by atoms with Crippen molar-refractivity contribution in [3.05, 3.63) is 0 Å². The Balaban J connectivity index is 2.21. The van der Waals surface area contributed by atoms with E-state index in [2.05, 4.69) is 24.1 Å². The van der Waals surface area contributed by atoms with Crippen molar-refractivity contribution in [1.29, 1.82) is 0 Å². The van der Waals surface area contributed by atoms with Gasteiger partial charge in [-0.25, -0.2) is 0 Å². The van der Waals surface area contributed by atoms with Gasteiger partial charge in [-0.1, -0.05) is 13.8 Å². The van der Waals surface area contributed by atoms with Crippen molar-refractivity contribution in [3.8, 4) is 0 Å². The Bertz CT molecular complexity index is 209. The maximum atomic E-state index is 9.54. The minimum Gasteiger partial charge on any atom is -0.393 e. The molecule has 3 heteroatoms. The number of nitrogens with zero attached hydrogens (tertiary/aromatic N) is 1. The molecule has 18 heavy (non-hydrogen) atoms. The van der Waals surface area contributed by atoms with Crippen molar-refractivity contribution in [2.75, 3.05) is 26.2 Å². The van der Waals surface area contributed by atoms with Crippen LogP contribution in [0.4, 0.5) is 0 Å². The molecule has 1 saturated heterocycles. The molecule has 1 heterocycles. The monoisotopic (exact) mass is 256 g/mol. The predicted molar refractivity (Wildman–Crippen MR) is 77.8 cm³/mol. The highest BCUT2D eigenvalue weighted by molar-refractivity contribution is 4.80. The van der Waals surface area contributed by atoms with E-state index in [1.165, 1.54) is 38.9 Å². The predicted octanol–water partition coefficient (Wildman–Crippen LogP) is 2.25. The standard InChI is InChI=1S/C15H32N2O/c1-4-10-17-11-6-7-14(12-17)13(3)16-9-8-15(18)5-2/h13-16,18H,4-12H2,1-3H3. The van der Waals surface area contributed by atoms with E-state index < -0.39 is 0 Å². The Morgan fingerprint density at radius 1 is 1.39 bits per heavy atom. The van der Waals surface area contributed by atoms with E-state index in [1.807, 2.05) is 6.92 Å². The molecule has 0 amide bonds. The second-order valence-electron chi connectivity index (χ2n) is 5.80. The minimum atomic E-state index is -0.132. The van der Waals surface area contributed by atoms with E-state index in [9.17, 15) is 5.11 Å². The quantitative estimate of drug-likeness (QED) is 0.699. The van der Waals surface area contributed by atoms with Crippen LogP contribution in [-0.2, 0) is 0 Å². The van der Waals surface area contributed by atoms with Gasteiger partial charge in [-0.3, -0.25) is 0 Å². The third kappa shape index (κ3) is 5.68. The highest BCUT2D eigenvalue weighted by Crippen LogP contribution is 2.19. The molecule has 0 aromatic carbocycles. The van der Waals surface area contributed by atoms with Crippen molar-refractivity contribution in [2.45, 2.75) is 65.0 Å². The fraction of sp³-hybridized carbons (Fsp3) is 1.00. The van der Waals surface area contributed by atoms with Gasteiger partial charge in [0.2, 0.25) is 0 Å². The molecule has 1 aliphatic rings. The van der Waals surface area contributed by atoms with E-state index in [-0.39, 0.29) is 6.10 Å². The molecule has 0 saturated carbocycles. The van der Waals surface area contributed by atoms with Crippen molar-refractivity contribution in [2.24, 2.45) is 5.92 Å². The molecule has 3 nitrogen and oxygen atoms in total. The molecule has 0 spiro atoms. The van der Waals surface area contributed by atoms with Gasteiger partial charge in [-0.05, 0) is 64.6 Å². The molecule has 0 aromatic heterocycles. The van der Waals surface area contributed by atoms with Crippen LogP contribution in [0, 0.1) is 5.92 Å². The van der Waals surface area contributed by atoms with Gasteiger partial charge in [0.05, 0.1) is 6.10 Å². The summed E-state index contributed by atoms with van der Waals surface area (Å²) in [5, 5.41) is 13.1. The maximum Gasteiger partial charge on any atom is 0.0549 e. The van der Waals surface area contributed by atoms with Crippen LogP contribution in [0.15, 0.2) is 0 Å². The first kappa shape index (κ1) is 15.9. The number of aliphatic hydroxyl groups is 1. The number of hydrogen-bond acceptors (Lipinski definition) is 3. The molecule has 1 rings (SSSR count). The van der Waals surface area contributed by atoms with Crippen molar-refractivity contribution < 1.29 is 5.11 Å². The molecule has 1 aliphatic heterocycles. The first-order chi connectivity index (χ1) is 8.67. The van der Waals surface area contributed by atoms with E-state index >= 15 is 0 Å². The first-order valence-corrected chi connectivity index (χ1v) is 7.81. The Labute approximate surface area is 113 Å². The largest absolute Gasteiger partial charge is 0.393 e. The van der Waals surface area contributed by atoms with Crippen molar-refractivity contribution in [1.82, 2.24) is 10.2 Å². The number of rotatable bonds is 8. The van der Waals surface area contributed by atoms with Gasteiger partial charge in [0, 0.05) is 12.6 Å². The fourth-order valence-electron chi connectivity index (χ4n) is 2.87. The van der Waals surface area contributed by atoms with Gasteiger partial charge in [-0.2, -0.15) is 0 Å². The van der Waals surface area contributed by atoms with Gasteiger partial charge < -0.3 is 15.3 Å². The minimum absolute atomic E-state index is 0.132. The van der Waals surface area contributed by atoms with Crippen molar-refractivity contribution in [3.63, 3.8) is 0 Å². The normalized spacial score (nSPS) is 25.0. The summed E-state index contributed by atoms with van der Waals surface area (Å²) < 4.78 is 0. The lowest BCUT2D eigenvalue weighted by Gasteiger charge is -2.36. The van der Waals surface area contributed by atoms with Crippen LogP contribution >= 0.6 is 0 Å². The van der Waals surface area contributed by atoms with Crippen LogP contribution in [0.5, 0.6) is 0 Å². The number of piperidine rings is 1.